The van der Waals surface area contributed by atoms with E-state index < -0.39 is 0 Å². The van der Waals surface area contributed by atoms with E-state index in [0.717, 1.165) is 21.8 Å². The Bertz CT molecular complexity index is 1940. The number of fused-ring (bicyclic) bond motifs is 3. The van der Waals surface area contributed by atoms with Gasteiger partial charge in [0.05, 0.1) is 21.6 Å². The molecule has 0 saturated heterocycles. The molecule has 41 heavy (non-hydrogen) atoms. The fourth-order valence-electron chi connectivity index (χ4n) is 5.50. The van der Waals surface area contributed by atoms with Crippen molar-refractivity contribution in [3.63, 3.8) is 0 Å². The highest BCUT2D eigenvalue weighted by molar-refractivity contribution is 7.99. The first-order valence-corrected chi connectivity index (χ1v) is 15.3. The predicted molar refractivity (Wildman–Crippen MR) is 175 cm³/mol. The van der Waals surface area contributed by atoms with Crippen LogP contribution in [0.4, 0.5) is 17.1 Å². The molecule has 0 aliphatic carbocycles. The van der Waals surface area contributed by atoms with Crippen LogP contribution in [0.1, 0.15) is 0 Å². The van der Waals surface area contributed by atoms with Crippen molar-refractivity contribution in [1.82, 2.24) is 4.98 Å². The van der Waals surface area contributed by atoms with Gasteiger partial charge in [0.2, 0.25) is 0 Å². The Morgan fingerprint density at radius 3 is 1.83 bits per heavy atom. The second kappa shape index (κ2) is 10.1. The Hall–Kier alpha value is -4.64. The molecule has 0 amide bonds. The van der Waals surface area contributed by atoms with E-state index in [-0.39, 0.29) is 0 Å². The monoisotopic (exact) mass is 560 g/mol. The van der Waals surface area contributed by atoms with E-state index in [2.05, 4.69) is 150 Å². The van der Waals surface area contributed by atoms with E-state index in [1.54, 1.807) is 11.3 Å². The molecule has 0 unspecified atom stereocenters. The molecule has 1 aliphatic rings. The summed E-state index contributed by atoms with van der Waals surface area (Å²) in [7, 11) is 0. The molecule has 2 heterocycles. The van der Waals surface area contributed by atoms with Gasteiger partial charge in [-0.25, -0.2) is 4.98 Å². The van der Waals surface area contributed by atoms with Crippen LogP contribution >= 0.6 is 23.1 Å². The highest BCUT2D eigenvalue weighted by atomic mass is 32.2. The standard InChI is InChI=1S/C37H24N2S2/c1-3-11-25(12-4-1)28-21-29(26-13-5-2-6-14-26)23-30(22-28)39-32-16-8-10-18-35(32)40-36-24-27(19-20-33(36)39)37-38-31-15-7-9-17-34(31)41-37/h1-24H. The van der Waals surface area contributed by atoms with Gasteiger partial charge in [-0.1, -0.05) is 96.7 Å². The third kappa shape index (κ3) is 4.42. The lowest BCUT2D eigenvalue weighted by atomic mass is 9.97. The molecule has 0 bridgehead atoms. The van der Waals surface area contributed by atoms with Crippen LogP contribution in [0.5, 0.6) is 0 Å². The Morgan fingerprint density at radius 2 is 1.10 bits per heavy atom. The second-order valence-corrected chi connectivity index (χ2v) is 12.2. The third-order valence-electron chi connectivity index (χ3n) is 7.46. The fraction of sp³-hybridized carbons (Fsp3) is 0. The van der Waals surface area contributed by atoms with Crippen molar-refractivity contribution >= 4 is 50.4 Å². The summed E-state index contributed by atoms with van der Waals surface area (Å²) in [5.41, 5.74) is 10.5. The van der Waals surface area contributed by atoms with Crippen molar-refractivity contribution in [3.05, 3.63) is 146 Å². The lowest BCUT2D eigenvalue weighted by molar-refractivity contribution is 1.17. The van der Waals surface area contributed by atoms with Gasteiger partial charge in [0.1, 0.15) is 5.01 Å². The van der Waals surface area contributed by atoms with Crippen LogP contribution in [0.25, 0.3) is 43.0 Å². The first-order valence-electron chi connectivity index (χ1n) is 13.6. The number of thiazole rings is 1. The minimum Gasteiger partial charge on any atom is -0.308 e. The summed E-state index contributed by atoms with van der Waals surface area (Å²) in [6.07, 6.45) is 0. The summed E-state index contributed by atoms with van der Waals surface area (Å²) in [6, 6.07) is 52.1. The zero-order valence-electron chi connectivity index (χ0n) is 22.1. The maximum atomic E-state index is 4.94. The molecule has 194 valence electrons. The third-order valence-corrected chi connectivity index (χ3v) is 9.66. The SMILES string of the molecule is c1ccc(-c2cc(-c3ccccc3)cc(N3c4ccccc4Sc4cc(-c5nc6ccccc6s5)ccc43)c2)cc1. The molecule has 0 spiro atoms. The summed E-state index contributed by atoms with van der Waals surface area (Å²) < 4.78 is 1.21. The highest BCUT2D eigenvalue weighted by Crippen LogP contribution is 2.53. The first kappa shape index (κ1) is 24.2. The van der Waals surface area contributed by atoms with E-state index in [4.69, 9.17) is 4.98 Å². The topological polar surface area (TPSA) is 16.1 Å². The van der Waals surface area contributed by atoms with Gasteiger partial charge in [-0.15, -0.1) is 11.3 Å². The lowest BCUT2D eigenvalue weighted by Crippen LogP contribution is -2.15. The molecule has 0 saturated carbocycles. The van der Waals surface area contributed by atoms with Crippen molar-refractivity contribution in [2.45, 2.75) is 9.79 Å². The van der Waals surface area contributed by atoms with Gasteiger partial charge < -0.3 is 4.90 Å². The molecule has 1 aliphatic heterocycles. The average molecular weight is 561 g/mol. The summed E-state index contributed by atoms with van der Waals surface area (Å²) in [6.45, 7) is 0. The van der Waals surface area contributed by atoms with Crippen molar-refractivity contribution < 1.29 is 0 Å². The summed E-state index contributed by atoms with van der Waals surface area (Å²) in [5, 5.41) is 1.05. The van der Waals surface area contributed by atoms with E-state index in [9.17, 15) is 0 Å². The molecule has 6 aromatic carbocycles. The van der Waals surface area contributed by atoms with Gasteiger partial charge >= 0.3 is 0 Å². The Labute approximate surface area is 247 Å². The summed E-state index contributed by atoms with van der Waals surface area (Å²) >= 11 is 3.58. The van der Waals surface area contributed by atoms with Crippen molar-refractivity contribution in [3.8, 4) is 32.8 Å². The van der Waals surface area contributed by atoms with Crippen LogP contribution in [0.2, 0.25) is 0 Å². The fourth-order valence-corrected chi connectivity index (χ4v) is 7.56. The molecule has 0 radical (unpaired) electrons. The molecule has 0 fully saturated rings. The van der Waals surface area contributed by atoms with E-state index in [1.807, 2.05) is 11.8 Å². The zero-order chi connectivity index (χ0) is 27.2. The lowest BCUT2D eigenvalue weighted by Gasteiger charge is -2.33. The van der Waals surface area contributed by atoms with Crippen LogP contribution in [0.15, 0.2) is 155 Å². The van der Waals surface area contributed by atoms with Gasteiger partial charge in [-0.3, -0.25) is 0 Å². The molecule has 0 atom stereocenters. The number of aromatic nitrogens is 1. The Kier molecular flexibility index (Phi) is 5.94. The minimum absolute atomic E-state index is 1.05. The van der Waals surface area contributed by atoms with E-state index >= 15 is 0 Å². The predicted octanol–water partition coefficient (Wildman–Crippen LogP) is 11.2. The molecule has 8 rings (SSSR count). The summed E-state index contributed by atoms with van der Waals surface area (Å²) in [5.74, 6) is 0. The van der Waals surface area contributed by atoms with Crippen molar-refractivity contribution in [1.29, 1.82) is 0 Å². The maximum absolute atomic E-state index is 4.94. The number of para-hydroxylation sites is 2. The number of benzene rings is 6. The van der Waals surface area contributed by atoms with Crippen LogP contribution in [0, 0.1) is 0 Å². The van der Waals surface area contributed by atoms with Crippen LogP contribution in [-0.4, -0.2) is 4.98 Å². The Balaban J connectivity index is 1.32. The highest BCUT2D eigenvalue weighted by Gasteiger charge is 2.26. The first-order chi connectivity index (χ1) is 20.3. The molecule has 7 aromatic rings. The molecule has 4 heteroatoms. The molecule has 0 N–H and O–H groups in total. The van der Waals surface area contributed by atoms with Gasteiger partial charge in [0.25, 0.3) is 0 Å². The number of rotatable bonds is 4. The minimum atomic E-state index is 1.05. The van der Waals surface area contributed by atoms with Crippen molar-refractivity contribution in [2.75, 3.05) is 4.90 Å². The number of hydrogen-bond acceptors (Lipinski definition) is 4. The van der Waals surface area contributed by atoms with Gasteiger partial charge in [0.15, 0.2) is 0 Å². The Morgan fingerprint density at radius 1 is 0.463 bits per heavy atom. The van der Waals surface area contributed by atoms with Gasteiger partial charge in [0, 0.05) is 21.0 Å². The maximum Gasteiger partial charge on any atom is 0.124 e. The average Bonchev–Trinajstić information content (AvgIpc) is 3.48. The number of hydrogen-bond donors (Lipinski definition) is 0. The van der Waals surface area contributed by atoms with Crippen LogP contribution in [0.3, 0.4) is 0 Å². The van der Waals surface area contributed by atoms with E-state index in [0.29, 0.717) is 0 Å². The number of anilines is 3. The molecule has 2 nitrogen and oxygen atoms in total. The van der Waals surface area contributed by atoms with Gasteiger partial charge in [-0.05, 0) is 82.9 Å². The second-order valence-electron chi connectivity index (χ2n) is 10.1. The normalized spacial score (nSPS) is 12.2. The molecule has 1 aromatic heterocycles. The largest absolute Gasteiger partial charge is 0.308 e. The smallest absolute Gasteiger partial charge is 0.124 e. The molecular weight excluding hydrogens is 537 g/mol. The van der Waals surface area contributed by atoms with Crippen molar-refractivity contribution in [2.24, 2.45) is 0 Å². The quantitative estimate of drug-likeness (QED) is 0.213. The van der Waals surface area contributed by atoms with Gasteiger partial charge in [-0.2, -0.15) is 0 Å². The summed E-state index contributed by atoms with van der Waals surface area (Å²) in [4.78, 5) is 9.83. The van der Waals surface area contributed by atoms with E-state index in [1.165, 1.54) is 48.1 Å². The zero-order valence-corrected chi connectivity index (χ0v) is 23.7. The molecular formula is C37H24N2S2. The van der Waals surface area contributed by atoms with Crippen LogP contribution in [-0.2, 0) is 0 Å². The number of nitrogens with zero attached hydrogens (tertiary/aromatic N) is 2. The van der Waals surface area contributed by atoms with Crippen LogP contribution < -0.4 is 4.90 Å².